The van der Waals surface area contributed by atoms with Crippen LogP contribution in [-0.4, -0.2) is 19.8 Å². The lowest BCUT2D eigenvalue weighted by Crippen LogP contribution is -2.06. The van der Waals surface area contributed by atoms with Gasteiger partial charge in [-0.1, -0.05) is 30.3 Å². The van der Waals surface area contributed by atoms with E-state index in [4.69, 9.17) is 14.2 Å². The van der Waals surface area contributed by atoms with E-state index >= 15 is 0 Å². The lowest BCUT2D eigenvalue weighted by Gasteiger charge is -2.10. The first kappa shape index (κ1) is 18.8. The molecule has 0 aliphatic carbocycles. The fourth-order valence-corrected chi connectivity index (χ4v) is 2.54. The van der Waals surface area contributed by atoms with Crippen LogP contribution in [0.1, 0.15) is 12.5 Å². The molecular weight excluding hydrogens is 338 g/mol. The first-order chi connectivity index (χ1) is 13.3. The summed E-state index contributed by atoms with van der Waals surface area (Å²) in [5.74, 6) is 2.52. The first-order valence-electron chi connectivity index (χ1n) is 9.20. The highest BCUT2D eigenvalue weighted by Gasteiger charge is 1.99. The van der Waals surface area contributed by atoms with Gasteiger partial charge in [-0.2, -0.15) is 0 Å². The monoisotopic (exact) mass is 363 g/mol. The third-order valence-corrected chi connectivity index (χ3v) is 3.95. The lowest BCUT2D eigenvalue weighted by atomic mass is 10.2. The summed E-state index contributed by atoms with van der Waals surface area (Å²) in [4.78, 5) is 0. The minimum atomic E-state index is 0.572. The van der Waals surface area contributed by atoms with Crippen LogP contribution < -0.4 is 14.8 Å². The van der Waals surface area contributed by atoms with Crippen LogP contribution in [0.3, 0.4) is 0 Å². The van der Waals surface area contributed by atoms with Crippen molar-refractivity contribution in [2.45, 2.75) is 13.5 Å². The van der Waals surface area contributed by atoms with E-state index < -0.39 is 0 Å². The Hall–Kier alpha value is -2.98. The van der Waals surface area contributed by atoms with Crippen molar-refractivity contribution in [3.05, 3.63) is 84.4 Å². The molecule has 0 fully saturated rings. The smallest absolute Gasteiger partial charge is 0.127 e. The first-order valence-corrected chi connectivity index (χ1v) is 9.20. The van der Waals surface area contributed by atoms with E-state index in [1.165, 1.54) is 5.56 Å². The van der Waals surface area contributed by atoms with E-state index in [2.05, 4.69) is 17.4 Å². The Morgan fingerprint density at radius 2 is 1.37 bits per heavy atom. The van der Waals surface area contributed by atoms with Crippen LogP contribution in [0.15, 0.2) is 78.9 Å². The van der Waals surface area contributed by atoms with E-state index in [9.17, 15) is 0 Å². The van der Waals surface area contributed by atoms with Crippen molar-refractivity contribution >= 4 is 5.69 Å². The minimum absolute atomic E-state index is 0.572. The molecule has 140 valence electrons. The summed E-state index contributed by atoms with van der Waals surface area (Å²) in [7, 11) is 0. The minimum Gasteiger partial charge on any atom is -0.491 e. The van der Waals surface area contributed by atoms with Crippen LogP contribution in [0.25, 0.3) is 0 Å². The van der Waals surface area contributed by atoms with E-state index in [1.54, 1.807) is 0 Å². The maximum Gasteiger partial charge on any atom is 0.127 e. The molecule has 0 heterocycles. The summed E-state index contributed by atoms with van der Waals surface area (Å²) < 4.78 is 16.7. The van der Waals surface area contributed by atoms with Gasteiger partial charge in [0.1, 0.15) is 23.9 Å². The second kappa shape index (κ2) is 10.2. The number of benzene rings is 3. The van der Waals surface area contributed by atoms with Crippen molar-refractivity contribution in [3.63, 3.8) is 0 Å². The van der Waals surface area contributed by atoms with Crippen LogP contribution in [-0.2, 0) is 11.3 Å². The van der Waals surface area contributed by atoms with E-state index in [1.807, 2.05) is 73.7 Å². The highest BCUT2D eigenvalue weighted by molar-refractivity contribution is 5.47. The Kier molecular flexibility index (Phi) is 7.13. The molecule has 3 rings (SSSR count). The maximum atomic E-state index is 5.81. The maximum absolute atomic E-state index is 5.81. The van der Waals surface area contributed by atoms with Crippen LogP contribution >= 0.6 is 0 Å². The quantitative estimate of drug-likeness (QED) is 0.482. The highest BCUT2D eigenvalue weighted by atomic mass is 16.5. The van der Waals surface area contributed by atoms with E-state index in [0.29, 0.717) is 19.8 Å². The zero-order chi connectivity index (χ0) is 18.7. The average Bonchev–Trinajstić information content (AvgIpc) is 2.72. The number of rotatable bonds is 10. The molecule has 3 aromatic rings. The normalized spacial score (nSPS) is 10.4. The number of ether oxygens (including phenoxy) is 3. The van der Waals surface area contributed by atoms with Crippen molar-refractivity contribution in [1.29, 1.82) is 0 Å². The van der Waals surface area contributed by atoms with Crippen LogP contribution in [0.5, 0.6) is 17.2 Å². The number of anilines is 1. The molecule has 0 unspecified atom stereocenters. The molecule has 0 saturated carbocycles. The van der Waals surface area contributed by atoms with Gasteiger partial charge in [-0.15, -0.1) is 0 Å². The fraction of sp³-hybridized carbons (Fsp3) is 0.217. The fourth-order valence-electron chi connectivity index (χ4n) is 2.54. The Morgan fingerprint density at radius 1 is 0.704 bits per heavy atom. The van der Waals surface area contributed by atoms with Crippen LogP contribution in [0.4, 0.5) is 5.69 Å². The molecule has 0 aliphatic heterocycles. The molecule has 1 N–H and O–H groups in total. The third kappa shape index (κ3) is 6.35. The molecule has 0 spiro atoms. The van der Waals surface area contributed by atoms with Gasteiger partial charge in [0.2, 0.25) is 0 Å². The van der Waals surface area contributed by atoms with Gasteiger partial charge in [0.05, 0.1) is 6.61 Å². The molecule has 0 aliphatic rings. The van der Waals surface area contributed by atoms with Gasteiger partial charge in [-0.3, -0.25) is 0 Å². The molecule has 4 nitrogen and oxygen atoms in total. The summed E-state index contributed by atoms with van der Waals surface area (Å²) >= 11 is 0. The van der Waals surface area contributed by atoms with E-state index in [-0.39, 0.29) is 0 Å². The standard InChI is InChI=1S/C23H25NO3/c1-2-25-16-17-26-21-12-8-19(9-13-21)18-24-20-10-14-23(15-11-20)27-22-6-4-3-5-7-22/h3-15,24H,2,16-18H2,1H3. The van der Waals surface area contributed by atoms with Gasteiger partial charge in [0, 0.05) is 18.8 Å². The summed E-state index contributed by atoms with van der Waals surface area (Å²) in [6.45, 7) is 4.63. The molecule has 0 saturated heterocycles. The molecular formula is C23H25NO3. The number of hydrogen-bond acceptors (Lipinski definition) is 4. The van der Waals surface area contributed by atoms with Gasteiger partial charge < -0.3 is 19.5 Å². The summed E-state index contributed by atoms with van der Waals surface area (Å²) in [6, 6.07) is 25.8. The predicted molar refractivity (Wildman–Crippen MR) is 109 cm³/mol. The molecule has 3 aromatic carbocycles. The SMILES string of the molecule is CCOCCOc1ccc(CNc2ccc(Oc3ccccc3)cc2)cc1. The molecule has 27 heavy (non-hydrogen) atoms. The zero-order valence-electron chi connectivity index (χ0n) is 15.6. The van der Waals surface area contributed by atoms with Crippen molar-refractivity contribution in [2.24, 2.45) is 0 Å². The van der Waals surface area contributed by atoms with Gasteiger partial charge >= 0.3 is 0 Å². The summed E-state index contributed by atoms with van der Waals surface area (Å²) in [5.41, 5.74) is 2.24. The Morgan fingerprint density at radius 3 is 2.07 bits per heavy atom. The van der Waals surface area contributed by atoms with Gasteiger partial charge in [0.15, 0.2) is 0 Å². The second-order valence-corrected chi connectivity index (χ2v) is 5.98. The third-order valence-electron chi connectivity index (χ3n) is 3.95. The molecule has 4 heteroatoms. The molecule has 0 aromatic heterocycles. The summed E-state index contributed by atoms with van der Waals surface area (Å²) in [6.07, 6.45) is 0. The number of nitrogens with one attached hydrogen (secondary N) is 1. The molecule has 0 atom stereocenters. The largest absolute Gasteiger partial charge is 0.491 e. The van der Waals surface area contributed by atoms with Crippen molar-refractivity contribution in [1.82, 2.24) is 0 Å². The Labute approximate surface area is 160 Å². The Bertz CT molecular complexity index is 786. The zero-order valence-corrected chi connectivity index (χ0v) is 15.6. The molecule has 0 bridgehead atoms. The molecule has 0 amide bonds. The highest BCUT2D eigenvalue weighted by Crippen LogP contribution is 2.23. The van der Waals surface area contributed by atoms with Crippen molar-refractivity contribution in [3.8, 4) is 17.2 Å². The molecule has 0 radical (unpaired) electrons. The van der Waals surface area contributed by atoms with Crippen LogP contribution in [0, 0.1) is 0 Å². The number of hydrogen-bond donors (Lipinski definition) is 1. The Balaban J connectivity index is 1.45. The second-order valence-electron chi connectivity index (χ2n) is 5.98. The average molecular weight is 363 g/mol. The summed E-state index contributed by atoms with van der Waals surface area (Å²) in [5, 5.41) is 3.42. The van der Waals surface area contributed by atoms with Gasteiger partial charge in [0.25, 0.3) is 0 Å². The number of para-hydroxylation sites is 1. The van der Waals surface area contributed by atoms with E-state index in [0.717, 1.165) is 29.5 Å². The van der Waals surface area contributed by atoms with Gasteiger partial charge in [-0.05, 0) is 61.0 Å². The van der Waals surface area contributed by atoms with Crippen molar-refractivity contribution in [2.75, 3.05) is 25.1 Å². The lowest BCUT2D eigenvalue weighted by molar-refractivity contribution is 0.110. The predicted octanol–water partition coefficient (Wildman–Crippen LogP) is 5.51. The van der Waals surface area contributed by atoms with Crippen LogP contribution in [0.2, 0.25) is 0 Å². The van der Waals surface area contributed by atoms with Crippen molar-refractivity contribution < 1.29 is 14.2 Å². The van der Waals surface area contributed by atoms with Gasteiger partial charge in [-0.25, -0.2) is 0 Å². The topological polar surface area (TPSA) is 39.7 Å².